The van der Waals surface area contributed by atoms with Crippen LogP contribution in [0.15, 0.2) is 0 Å². The smallest absolute Gasteiger partial charge is 0.387 e. The second-order valence-corrected chi connectivity index (χ2v) is 2.52. The monoisotopic (exact) mass is 115 g/mol. The molecule has 0 aliphatic rings. The largest absolute Gasteiger partial charge is 0.482 e. The van der Waals surface area contributed by atoms with Gasteiger partial charge in [-0.05, 0) is 0 Å². The molecule has 0 atom stereocenters. The summed E-state index contributed by atoms with van der Waals surface area (Å²) in [6.45, 7) is 0. The topological polar surface area (TPSA) is 18.5 Å². The second-order valence-electron chi connectivity index (χ2n) is 0.840. The number of hydrogen-bond donors (Lipinski definition) is 0. The summed E-state index contributed by atoms with van der Waals surface area (Å²) in [5.41, 5.74) is 2.36. The van der Waals surface area contributed by atoms with Crippen LogP contribution in [0.4, 0.5) is 0 Å². The van der Waals surface area contributed by atoms with Crippen molar-refractivity contribution in [2.24, 2.45) is 0 Å². The Morgan fingerprint density at radius 2 is 1.86 bits per heavy atom. The van der Waals surface area contributed by atoms with Crippen molar-refractivity contribution in [3.05, 3.63) is 0 Å². The first-order chi connectivity index (χ1) is 3.35. The van der Waals surface area contributed by atoms with E-state index in [-0.39, 0.29) is 0 Å². The molecule has 2 nitrogen and oxygen atoms in total. The molecule has 0 rings (SSSR count). The molecule has 39 valence electrons. The summed E-state index contributed by atoms with van der Waals surface area (Å²) in [5.74, 6) is 0. The van der Waals surface area contributed by atoms with Crippen LogP contribution >= 0.6 is 0 Å². The first-order valence-corrected chi connectivity index (χ1v) is 3.08. The van der Waals surface area contributed by atoms with Gasteiger partial charge in [0.15, 0.2) is 0 Å². The Bertz CT molecular complexity index is 72.2. The second kappa shape index (κ2) is 3.87. The number of hydrogen-bond acceptors (Lipinski definition) is 2. The Labute approximate surface area is 45.3 Å². The highest BCUT2D eigenvalue weighted by Gasteiger charge is 2.04. The van der Waals surface area contributed by atoms with Crippen molar-refractivity contribution in [3.63, 3.8) is 0 Å². The number of rotatable bonds is 2. The zero-order valence-electron chi connectivity index (χ0n) is 4.39. The Morgan fingerprint density at radius 3 is 1.86 bits per heavy atom. The minimum Gasteiger partial charge on any atom is -0.387 e. The third-order valence-electron chi connectivity index (χ3n) is 0.489. The Morgan fingerprint density at radius 1 is 1.43 bits per heavy atom. The average molecular weight is 115 g/mol. The van der Waals surface area contributed by atoms with Crippen molar-refractivity contribution < 1.29 is 8.85 Å². The minimum atomic E-state index is -1.33. The van der Waals surface area contributed by atoms with Crippen LogP contribution < -0.4 is 0 Å². The molecule has 0 aromatic rings. The lowest BCUT2D eigenvalue weighted by atomic mass is 11.4. The molecule has 0 saturated heterocycles. The molecular weight excluding hydrogens is 108 g/mol. The maximum absolute atomic E-state index is 4.94. The summed E-state index contributed by atoms with van der Waals surface area (Å²) in [5, 5.41) is 0. The molecule has 1 radical (unpaired) electrons. The van der Waals surface area contributed by atoms with Gasteiger partial charge >= 0.3 is 9.28 Å². The maximum Gasteiger partial charge on any atom is 0.482 e. The molecule has 7 heavy (non-hydrogen) atoms. The van der Waals surface area contributed by atoms with Gasteiger partial charge in [0.1, 0.15) is 0 Å². The van der Waals surface area contributed by atoms with E-state index in [4.69, 9.17) is 15.3 Å². The summed E-state index contributed by atoms with van der Waals surface area (Å²) in [7, 11) is 1.74. The van der Waals surface area contributed by atoms with E-state index in [1.54, 1.807) is 0 Å². The van der Waals surface area contributed by atoms with E-state index in [1.807, 2.05) is 0 Å². The minimum absolute atomic E-state index is 1.33. The van der Waals surface area contributed by atoms with Gasteiger partial charge in [0.25, 0.3) is 0 Å². The molecule has 0 amide bonds. The fourth-order valence-corrected chi connectivity index (χ4v) is 0.604. The van der Waals surface area contributed by atoms with E-state index >= 15 is 0 Å². The quantitative estimate of drug-likeness (QED) is 0.371. The zero-order valence-corrected chi connectivity index (χ0v) is 5.39. The molecule has 0 heterocycles. The van der Waals surface area contributed by atoms with Crippen LogP contribution in [-0.4, -0.2) is 23.5 Å². The Balaban J connectivity index is 3.23. The average Bonchev–Trinajstić information content (AvgIpc) is 1.72. The molecule has 3 heteroatoms. The van der Waals surface area contributed by atoms with E-state index in [0.717, 1.165) is 0 Å². The first-order valence-electron chi connectivity index (χ1n) is 1.76. The van der Waals surface area contributed by atoms with Crippen LogP contribution in [0.3, 0.4) is 0 Å². The lowest BCUT2D eigenvalue weighted by molar-refractivity contribution is 0.293. The van der Waals surface area contributed by atoms with E-state index < -0.39 is 9.28 Å². The van der Waals surface area contributed by atoms with E-state index in [2.05, 4.69) is 5.54 Å². The lowest BCUT2D eigenvalue weighted by Crippen LogP contribution is -2.15. The van der Waals surface area contributed by atoms with Crippen LogP contribution in [0, 0.1) is 12.0 Å². The molecule has 0 fully saturated rings. The molecule has 0 unspecified atom stereocenters. The highest BCUT2D eigenvalue weighted by molar-refractivity contribution is 6.54. The zero-order chi connectivity index (χ0) is 5.70. The molecule has 0 aromatic carbocycles. The fraction of sp³-hybridized carbons (Fsp3) is 0.500. The third kappa shape index (κ3) is 2.40. The van der Waals surface area contributed by atoms with Gasteiger partial charge in [-0.25, -0.2) is 0 Å². The van der Waals surface area contributed by atoms with Crippen molar-refractivity contribution >= 4 is 9.28 Å². The van der Waals surface area contributed by atoms with Crippen LogP contribution in [0.2, 0.25) is 0 Å². The number of terminal acetylenes is 1. The normalized spacial score (nSPS) is 8.86. The fourth-order valence-electron chi connectivity index (χ4n) is 0.201. The van der Waals surface area contributed by atoms with Gasteiger partial charge in [-0.2, -0.15) is 0 Å². The lowest BCUT2D eigenvalue weighted by Gasteiger charge is -1.96. The SMILES string of the molecule is C#C[Si](OC)OC. The van der Waals surface area contributed by atoms with Crippen LogP contribution in [0.25, 0.3) is 0 Å². The Kier molecular flexibility index (Phi) is 3.70. The van der Waals surface area contributed by atoms with Gasteiger partial charge in [0.05, 0.1) is 0 Å². The van der Waals surface area contributed by atoms with Crippen molar-refractivity contribution in [1.82, 2.24) is 0 Å². The molecule has 0 bridgehead atoms. The standard InChI is InChI=1S/C4H7O2Si/c1-4-7(5-2)6-3/h1H,2-3H3. The molecule has 0 aliphatic carbocycles. The van der Waals surface area contributed by atoms with Gasteiger partial charge in [0.2, 0.25) is 0 Å². The van der Waals surface area contributed by atoms with Crippen molar-refractivity contribution in [1.29, 1.82) is 0 Å². The third-order valence-corrected chi connectivity index (χ3v) is 1.47. The highest BCUT2D eigenvalue weighted by atomic mass is 28.3. The molecule has 0 aliphatic heterocycles. The van der Waals surface area contributed by atoms with Crippen LogP contribution in [-0.2, 0) is 8.85 Å². The first kappa shape index (κ1) is 6.70. The molecule has 0 aromatic heterocycles. The van der Waals surface area contributed by atoms with Crippen molar-refractivity contribution in [2.45, 2.75) is 0 Å². The van der Waals surface area contributed by atoms with Crippen LogP contribution in [0.1, 0.15) is 0 Å². The molecular formula is C4H7O2Si. The van der Waals surface area contributed by atoms with Gasteiger partial charge in [-0.3, -0.25) is 0 Å². The van der Waals surface area contributed by atoms with E-state index in [9.17, 15) is 0 Å². The summed E-state index contributed by atoms with van der Waals surface area (Å²) in [4.78, 5) is 0. The van der Waals surface area contributed by atoms with E-state index in [0.29, 0.717) is 0 Å². The predicted molar refractivity (Wildman–Crippen MR) is 28.6 cm³/mol. The highest BCUT2D eigenvalue weighted by Crippen LogP contribution is 1.77. The van der Waals surface area contributed by atoms with Gasteiger partial charge in [-0.1, -0.05) is 5.54 Å². The van der Waals surface area contributed by atoms with Crippen LogP contribution in [0.5, 0.6) is 0 Å². The molecule has 0 saturated carbocycles. The summed E-state index contributed by atoms with van der Waals surface area (Å²) in [6.07, 6.45) is 4.94. The van der Waals surface area contributed by atoms with Crippen molar-refractivity contribution in [3.8, 4) is 12.0 Å². The maximum atomic E-state index is 4.94. The summed E-state index contributed by atoms with van der Waals surface area (Å²) < 4.78 is 9.38. The molecule has 0 spiro atoms. The van der Waals surface area contributed by atoms with Gasteiger partial charge in [-0.15, -0.1) is 6.42 Å². The predicted octanol–water partition coefficient (Wildman–Crippen LogP) is -0.0602. The summed E-state index contributed by atoms with van der Waals surface area (Å²) in [6, 6.07) is 0. The molecule has 0 N–H and O–H groups in total. The van der Waals surface area contributed by atoms with E-state index in [1.165, 1.54) is 14.2 Å². The Hall–Kier alpha value is -0.303. The van der Waals surface area contributed by atoms with Crippen molar-refractivity contribution in [2.75, 3.05) is 14.2 Å². The summed E-state index contributed by atoms with van der Waals surface area (Å²) >= 11 is 0. The van der Waals surface area contributed by atoms with Gasteiger partial charge < -0.3 is 8.85 Å². The van der Waals surface area contributed by atoms with Gasteiger partial charge in [0, 0.05) is 14.2 Å².